The molecule has 2 rings (SSSR count). The van der Waals surface area contributed by atoms with Gasteiger partial charge in [-0.2, -0.15) is 0 Å². The van der Waals surface area contributed by atoms with Gasteiger partial charge in [0, 0.05) is 6.92 Å². The van der Waals surface area contributed by atoms with Crippen LogP contribution in [0, 0.1) is 0 Å². The van der Waals surface area contributed by atoms with E-state index < -0.39 is 21.2 Å². The molecule has 0 aliphatic carbocycles. The van der Waals surface area contributed by atoms with Crippen LogP contribution in [0.4, 0.5) is 0 Å². The van der Waals surface area contributed by atoms with Gasteiger partial charge in [-0.05, 0) is 36.8 Å². The summed E-state index contributed by atoms with van der Waals surface area (Å²) in [4.78, 5) is 11.0. The molecule has 0 saturated carbocycles. The highest BCUT2D eigenvalue weighted by molar-refractivity contribution is 7.91. The van der Waals surface area contributed by atoms with Gasteiger partial charge in [0.2, 0.25) is 15.3 Å². The molecule has 23 heavy (non-hydrogen) atoms. The number of rotatable bonds is 6. The van der Waals surface area contributed by atoms with Crippen LogP contribution in [0.15, 0.2) is 59.5 Å². The number of hydrogen-bond acceptors (Lipinski definition) is 5. The first-order valence-corrected chi connectivity index (χ1v) is 8.62. The van der Waals surface area contributed by atoms with E-state index in [4.69, 9.17) is 9.47 Å². The SMILES string of the molecule is CC(=O)OC(C)S(=O)(=O)c1ccc(OCc2ccccc2)cc1. The lowest BCUT2D eigenvalue weighted by Crippen LogP contribution is -2.23. The largest absolute Gasteiger partial charge is 0.489 e. The Balaban J connectivity index is 2.05. The van der Waals surface area contributed by atoms with Gasteiger partial charge in [-0.25, -0.2) is 8.42 Å². The molecule has 0 amide bonds. The van der Waals surface area contributed by atoms with Crippen molar-refractivity contribution in [2.24, 2.45) is 0 Å². The summed E-state index contributed by atoms with van der Waals surface area (Å²) in [5.41, 5.74) is -0.205. The van der Waals surface area contributed by atoms with Gasteiger partial charge in [0.05, 0.1) is 4.90 Å². The fourth-order valence-electron chi connectivity index (χ4n) is 1.96. The molecule has 5 nitrogen and oxygen atoms in total. The maximum Gasteiger partial charge on any atom is 0.303 e. The van der Waals surface area contributed by atoms with Crippen LogP contribution in [0.5, 0.6) is 5.75 Å². The molecule has 1 atom stereocenters. The molecular weight excluding hydrogens is 316 g/mol. The fraction of sp³-hybridized carbons (Fsp3) is 0.235. The van der Waals surface area contributed by atoms with Crippen LogP contribution < -0.4 is 4.74 Å². The Morgan fingerprint density at radius 3 is 2.22 bits per heavy atom. The molecule has 0 aromatic heterocycles. The van der Waals surface area contributed by atoms with E-state index in [1.165, 1.54) is 26.0 Å². The second kappa shape index (κ2) is 7.28. The molecule has 0 fully saturated rings. The molecule has 0 aliphatic rings. The van der Waals surface area contributed by atoms with Crippen LogP contribution in [0.25, 0.3) is 0 Å². The Morgan fingerprint density at radius 2 is 1.65 bits per heavy atom. The minimum atomic E-state index is -3.72. The number of esters is 1. The first kappa shape index (κ1) is 17.0. The number of carbonyl (C=O) groups excluding carboxylic acids is 1. The summed E-state index contributed by atoms with van der Waals surface area (Å²) in [6.45, 7) is 2.90. The van der Waals surface area contributed by atoms with Crippen molar-refractivity contribution < 1.29 is 22.7 Å². The van der Waals surface area contributed by atoms with Gasteiger partial charge in [-0.15, -0.1) is 0 Å². The van der Waals surface area contributed by atoms with Crippen molar-refractivity contribution in [3.8, 4) is 5.75 Å². The topological polar surface area (TPSA) is 69.7 Å². The normalized spacial score (nSPS) is 12.4. The summed E-state index contributed by atoms with van der Waals surface area (Å²) in [5.74, 6) is -0.0724. The van der Waals surface area contributed by atoms with Crippen molar-refractivity contribution in [3.63, 3.8) is 0 Å². The average Bonchev–Trinajstić information content (AvgIpc) is 2.53. The van der Waals surface area contributed by atoms with Crippen molar-refractivity contribution in [1.29, 1.82) is 0 Å². The third kappa shape index (κ3) is 4.56. The highest BCUT2D eigenvalue weighted by Crippen LogP contribution is 2.21. The summed E-state index contributed by atoms with van der Waals surface area (Å²) in [6, 6.07) is 15.7. The lowest BCUT2D eigenvalue weighted by molar-refractivity contribution is -0.142. The van der Waals surface area contributed by atoms with Gasteiger partial charge in [-0.3, -0.25) is 4.79 Å². The molecule has 0 radical (unpaired) electrons. The van der Waals surface area contributed by atoms with E-state index in [9.17, 15) is 13.2 Å². The van der Waals surface area contributed by atoms with Crippen molar-refractivity contribution in [3.05, 3.63) is 60.2 Å². The van der Waals surface area contributed by atoms with Gasteiger partial charge in [0.25, 0.3) is 0 Å². The minimum Gasteiger partial charge on any atom is -0.489 e. The second-order valence-corrected chi connectivity index (χ2v) is 7.19. The molecule has 0 bridgehead atoms. The molecule has 122 valence electrons. The lowest BCUT2D eigenvalue weighted by Gasteiger charge is -2.13. The summed E-state index contributed by atoms with van der Waals surface area (Å²) in [5, 5.41) is 0. The maximum absolute atomic E-state index is 12.2. The van der Waals surface area contributed by atoms with Gasteiger partial charge in [0.15, 0.2) is 0 Å². The number of sulfone groups is 1. The van der Waals surface area contributed by atoms with Gasteiger partial charge >= 0.3 is 5.97 Å². The Morgan fingerprint density at radius 1 is 1.04 bits per heavy atom. The van der Waals surface area contributed by atoms with E-state index in [1.54, 1.807) is 12.1 Å². The summed E-state index contributed by atoms with van der Waals surface area (Å²) < 4.78 is 34.8. The zero-order chi connectivity index (χ0) is 16.9. The Labute approximate surface area is 135 Å². The fourth-order valence-corrected chi connectivity index (χ4v) is 3.12. The average molecular weight is 334 g/mol. The third-order valence-electron chi connectivity index (χ3n) is 3.17. The van der Waals surface area contributed by atoms with E-state index >= 15 is 0 Å². The maximum atomic E-state index is 12.2. The molecule has 0 spiro atoms. The van der Waals surface area contributed by atoms with E-state index in [0.717, 1.165) is 5.56 Å². The number of benzene rings is 2. The molecule has 0 saturated heterocycles. The predicted molar refractivity (Wildman–Crippen MR) is 85.6 cm³/mol. The minimum absolute atomic E-state index is 0.0818. The Bertz CT molecular complexity index is 751. The standard InChI is InChI=1S/C17H18O5S/c1-13(18)22-14(2)23(19,20)17-10-8-16(9-11-17)21-12-15-6-4-3-5-7-15/h3-11,14H,12H2,1-2H3. The molecule has 1 unspecified atom stereocenters. The van der Waals surface area contributed by atoms with Crippen molar-refractivity contribution in [2.75, 3.05) is 0 Å². The summed E-state index contributed by atoms with van der Waals surface area (Å²) in [6.07, 6.45) is 0. The van der Waals surface area contributed by atoms with Crippen LogP contribution in [0.3, 0.4) is 0 Å². The number of hydrogen-bond donors (Lipinski definition) is 0. The highest BCUT2D eigenvalue weighted by Gasteiger charge is 2.25. The Hall–Kier alpha value is -2.34. The molecule has 6 heteroatoms. The molecular formula is C17H18O5S. The van der Waals surface area contributed by atoms with E-state index in [0.29, 0.717) is 12.4 Å². The number of ether oxygens (including phenoxy) is 2. The summed E-state index contributed by atoms with van der Waals surface area (Å²) in [7, 11) is -3.72. The second-order valence-electron chi connectivity index (χ2n) is 4.97. The number of carbonyl (C=O) groups is 1. The Kier molecular flexibility index (Phi) is 5.39. The zero-order valence-corrected chi connectivity index (χ0v) is 13.7. The first-order valence-electron chi connectivity index (χ1n) is 7.07. The van der Waals surface area contributed by atoms with Crippen molar-refractivity contribution >= 4 is 15.8 Å². The monoisotopic (exact) mass is 334 g/mol. The van der Waals surface area contributed by atoms with Crippen LogP contribution in [-0.4, -0.2) is 19.8 Å². The van der Waals surface area contributed by atoms with Crippen molar-refractivity contribution in [1.82, 2.24) is 0 Å². The molecule has 0 aliphatic heterocycles. The molecule has 2 aromatic rings. The molecule has 2 aromatic carbocycles. The molecule has 0 heterocycles. The molecule has 0 N–H and O–H groups in total. The lowest BCUT2D eigenvalue weighted by atomic mass is 10.2. The summed E-state index contributed by atoms with van der Waals surface area (Å²) >= 11 is 0. The van der Waals surface area contributed by atoms with Gasteiger partial charge < -0.3 is 9.47 Å². The van der Waals surface area contributed by atoms with Gasteiger partial charge in [0.1, 0.15) is 12.4 Å². The van der Waals surface area contributed by atoms with Crippen LogP contribution in [0.1, 0.15) is 19.4 Å². The van der Waals surface area contributed by atoms with Crippen LogP contribution in [0.2, 0.25) is 0 Å². The van der Waals surface area contributed by atoms with Crippen LogP contribution in [-0.2, 0) is 26.0 Å². The van der Waals surface area contributed by atoms with Gasteiger partial charge in [-0.1, -0.05) is 30.3 Å². The van der Waals surface area contributed by atoms with E-state index in [-0.39, 0.29) is 4.90 Å². The third-order valence-corrected chi connectivity index (χ3v) is 5.07. The van der Waals surface area contributed by atoms with Crippen LogP contribution >= 0.6 is 0 Å². The highest BCUT2D eigenvalue weighted by atomic mass is 32.2. The zero-order valence-electron chi connectivity index (χ0n) is 12.9. The van der Waals surface area contributed by atoms with E-state index in [2.05, 4.69) is 0 Å². The predicted octanol–water partition coefficient (Wildman–Crippen LogP) is 2.95. The van der Waals surface area contributed by atoms with Crippen molar-refractivity contribution in [2.45, 2.75) is 30.8 Å². The smallest absolute Gasteiger partial charge is 0.303 e. The van der Waals surface area contributed by atoms with E-state index in [1.807, 2.05) is 30.3 Å². The quantitative estimate of drug-likeness (QED) is 0.760. The first-order chi connectivity index (χ1) is 10.9.